The molecule has 1 aliphatic rings. The smallest absolute Gasteiger partial charge is 0.257 e. The van der Waals surface area contributed by atoms with Gasteiger partial charge in [0, 0.05) is 30.6 Å². The maximum atomic E-state index is 12.4. The molecule has 2 N–H and O–H groups in total. The van der Waals surface area contributed by atoms with Crippen LogP contribution in [0.4, 0.5) is 5.13 Å². The van der Waals surface area contributed by atoms with Gasteiger partial charge in [-0.2, -0.15) is 0 Å². The van der Waals surface area contributed by atoms with E-state index < -0.39 is 15.9 Å². The van der Waals surface area contributed by atoms with E-state index in [1.807, 2.05) is 23.6 Å². The Bertz CT molecular complexity index is 1290. The quantitative estimate of drug-likeness (QED) is 0.526. The van der Waals surface area contributed by atoms with Crippen LogP contribution in [0.1, 0.15) is 10.4 Å². The SMILES string of the molecule is CN(C)S(=O)(=O)c1ccc(C(=O)NC(=S)Nc2nc(-c3ccc4c(c3)OCO4)cs2)cc1. The van der Waals surface area contributed by atoms with Gasteiger partial charge in [-0.15, -0.1) is 11.3 Å². The van der Waals surface area contributed by atoms with Crippen molar-refractivity contribution in [3.05, 3.63) is 53.4 Å². The minimum Gasteiger partial charge on any atom is -0.454 e. The van der Waals surface area contributed by atoms with Crippen LogP contribution < -0.4 is 20.1 Å². The predicted molar refractivity (Wildman–Crippen MR) is 125 cm³/mol. The number of rotatable bonds is 5. The highest BCUT2D eigenvalue weighted by atomic mass is 32.2. The number of thiocarbonyl (C=S) groups is 1. The van der Waals surface area contributed by atoms with E-state index in [-0.39, 0.29) is 22.4 Å². The summed E-state index contributed by atoms with van der Waals surface area (Å²) in [7, 11) is -0.683. The number of carbonyl (C=O) groups excluding carboxylic acids is 1. The van der Waals surface area contributed by atoms with Crippen LogP contribution in [0.5, 0.6) is 11.5 Å². The first-order valence-corrected chi connectivity index (χ1v) is 12.0. The molecule has 0 radical (unpaired) electrons. The molecule has 0 spiro atoms. The van der Waals surface area contributed by atoms with Crippen LogP contribution >= 0.6 is 23.6 Å². The minimum atomic E-state index is -3.57. The van der Waals surface area contributed by atoms with Gasteiger partial charge in [-0.25, -0.2) is 17.7 Å². The lowest BCUT2D eigenvalue weighted by Crippen LogP contribution is -2.34. The minimum absolute atomic E-state index is 0.0755. The van der Waals surface area contributed by atoms with E-state index in [4.69, 9.17) is 21.7 Å². The molecule has 1 aromatic heterocycles. The molecule has 3 aromatic rings. The van der Waals surface area contributed by atoms with E-state index >= 15 is 0 Å². The van der Waals surface area contributed by atoms with Crippen molar-refractivity contribution in [3.8, 4) is 22.8 Å². The zero-order chi connectivity index (χ0) is 22.9. The number of hydrogen-bond acceptors (Lipinski definition) is 8. The van der Waals surface area contributed by atoms with E-state index in [2.05, 4.69) is 15.6 Å². The van der Waals surface area contributed by atoms with Crippen LogP contribution in [-0.4, -0.2) is 49.6 Å². The Balaban J connectivity index is 1.38. The first-order chi connectivity index (χ1) is 15.2. The molecule has 2 heterocycles. The van der Waals surface area contributed by atoms with E-state index in [1.165, 1.54) is 49.7 Å². The zero-order valence-corrected chi connectivity index (χ0v) is 19.4. The number of amides is 1. The summed E-state index contributed by atoms with van der Waals surface area (Å²) in [6.07, 6.45) is 0. The molecule has 0 saturated heterocycles. The van der Waals surface area contributed by atoms with Gasteiger partial charge in [0.15, 0.2) is 21.7 Å². The van der Waals surface area contributed by atoms with Crippen LogP contribution in [0.25, 0.3) is 11.3 Å². The molecule has 12 heteroatoms. The third-order valence-electron chi connectivity index (χ3n) is 4.52. The average Bonchev–Trinajstić information content (AvgIpc) is 3.42. The fourth-order valence-electron chi connectivity index (χ4n) is 2.81. The van der Waals surface area contributed by atoms with Gasteiger partial charge in [0.1, 0.15) is 0 Å². The Labute approximate surface area is 194 Å². The number of nitrogens with one attached hydrogen (secondary N) is 2. The normalized spacial score (nSPS) is 12.6. The Hall–Kier alpha value is -3.06. The van der Waals surface area contributed by atoms with E-state index in [1.54, 1.807) is 0 Å². The van der Waals surface area contributed by atoms with Crippen molar-refractivity contribution < 1.29 is 22.7 Å². The number of hydrogen-bond donors (Lipinski definition) is 2. The van der Waals surface area contributed by atoms with Gasteiger partial charge in [-0.05, 0) is 54.7 Å². The van der Waals surface area contributed by atoms with Crippen molar-refractivity contribution in [1.82, 2.24) is 14.6 Å². The summed E-state index contributed by atoms with van der Waals surface area (Å²) in [6, 6.07) is 11.2. The maximum absolute atomic E-state index is 12.4. The van der Waals surface area contributed by atoms with Crippen molar-refractivity contribution in [2.75, 3.05) is 26.2 Å². The number of sulfonamides is 1. The summed E-state index contributed by atoms with van der Waals surface area (Å²) in [5.41, 5.74) is 1.86. The summed E-state index contributed by atoms with van der Waals surface area (Å²) in [5.74, 6) is 0.889. The van der Waals surface area contributed by atoms with Gasteiger partial charge in [-0.3, -0.25) is 10.1 Å². The number of carbonyl (C=O) groups is 1. The molecule has 4 rings (SSSR count). The molecule has 0 bridgehead atoms. The van der Waals surface area contributed by atoms with Gasteiger partial charge in [-0.1, -0.05) is 0 Å². The highest BCUT2D eigenvalue weighted by Crippen LogP contribution is 2.36. The first-order valence-electron chi connectivity index (χ1n) is 9.24. The molecule has 1 amide bonds. The Kier molecular flexibility index (Phi) is 6.11. The average molecular weight is 491 g/mol. The van der Waals surface area contributed by atoms with Crippen LogP contribution in [0.2, 0.25) is 0 Å². The summed E-state index contributed by atoms with van der Waals surface area (Å²) in [4.78, 5) is 17.0. The number of thiazole rings is 1. The number of aromatic nitrogens is 1. The number of benzene rings is 2. The highest BCUT2D eigenvalue weighted by Gasteiger charge is 2.18. The molecule has 0 aliphatic carbocycles. The molecule has 0 atom stereocenters. The lowest BCUT2D eigenvalue weighted by Gasteiger charge is -2.12. The number of anilines is 1. The van der Waals surface area contributed by atoms with Crippen LogP contribution in [0, 0.1) is 0 Å². The van der Waals surface area contributed by atoms with Gasteiger partial charge >= 0.3 is 0 Å². The first kappa shape index (κ1) is 22.1. The fourth-order valence-corrected chi connectivity index (χ4v) is 4.69. The third-order valence-corrected chi connectivity index (χ3v) is 7.31. The van der Waals surface area contributed by atoms with Crippen LogP contribution in [0.15, 0.2) is 52.7 Å². The van der Waals surface area contributed by atoms with Crippen LogP contribution in [-0.2, 0) is 10.0 Å². The van der Waals surface area contributed by atoms with Gasteiger partial charge in [0.05, 0.1) is 10.6 Å². The molecule has 32 heavy (non-hydrogen) atoms. The largest absolute Gasteiger partial charge is 0.454 e. The predicted octanol–water partition coefficient (Wildman–Crippen LogP) is 2.92. The van der Waals surface area contributed by atoms with E-state index in [0.29, 0.717) is 16.6 Å². The second-order valence-electron chi connectivity index (χ2n) is 6.83. The molecular weight excluding hydrogens is 472 g/mol. The lowest BCUT2D eigenvalue weighted by atomic mass is 10.1. The summed E-state index contributed by atoms with van der Waals surface area (Å²) in [5, 5.41) is 7.88. The molecule has 2 aromatic carbocycles. The molecule has 0 saturated carbocycles. The number of nitrogens with zero attached hydrogens (tertiary/aromatic N) is 2. The molecular formula is C20H18N4O5S3. The summed E-state index contributed by atoms with van der Waals surface area (Å²) in [6.45, 7) is 0.199. The number of ether oxygens (including phenoxy) is 2. The molecule has 0 unspecified atom stereocenters. The van der Waals surface area contributed by atoms with Crippen molar-refractivity contribution in [3.63, 3.8) is 0 Å². The zero-order valence-electron chi connectivity index (χ0n) is 17.0. The van der Waals surface area contributed by atoms with Gasteiger partial charge in [0.2, 0.25) is 16.8 Å². The maximum Gasteiger partial charge on any atom is 0.257 e. The van der Waals surface area contributed by atoms with Gasteiger partial charge in [0.25, 0.3) is 5.91 Å². The third kappa shape index (κ3) is 4.58. The van der Waals surface area contributed by atoms with Crippen molar-refractivity contribution in [2.45, 2.75) is 4.90 Å². The van der Waals surface area contributed by atoms with E-state index in [9.17, 15) is 13.2 Å². The lowest BCUT2D eigenvalue weighted by molar-refractivity contribution is 0.0977. The van der Waals surface area contributed by atoms with Crippen LogP contribution in [0.3, 0.4) is 0 Å². The fraction of sp³-hybridized carbons (Fsp3) is 0.150. The van der Waals surface area contributed by atoms with Gasteiger partial charge < -0.3 is 14.8 Å². The summed E-state index contributed by atoms with van der Waals surface area (Å²) < 4.78 is 36.1. The summed E-state index contributed by atoms with van der Waals surface area (Å²) >= 11 is 6.54. The Morgan fingerprint density at radius 2 is 1.84 bits per heavy atom. The monoisotopic (exact) mass is 490 g/mol. The molecule has 166 valence electrons. The van der Waals surface area contributed by atoms with Crippen molar-refractivity contribution >= 4 is 49.7 Å². The van der Waals surface area contributed by atoms with Crippen molar-refractivity contribution in [2.24, 2.45) is 0 Å². The molecule has 0 fully saturated rings. The molecule has 1 aliphatic heterocycles. The van der Waals surface area contributed by atoms with Crippen molar-refractivity contribution in [1.29, 1.82) is 0 Å². The topological polar surface area (TPSA) is 110 Å². The Morgan fingerprint density at radius 1 is 1.12 bits per heavy atom. The standard InChI is InChI=1S/C20H18N4O5S3/c1-24(2)32(26,27)14-6-3-12(4-7-14)18(25)22-19(30)23-20-21-15(10-31-20)13-5-8-16-17(9-13)29-11-28-16/h3-10H,11H2,1-2H3,(H2,21,22,23,25,30). The number of fused-ring (bicyclic) bond motifs is 1. The highest BCUT2D eigenvalue weighted by molar-refractivity contribution is 7.89. The molecule has 9 nitrogen and oxygen atoms in total. The second kappa shape index (κ2) is 8.82. The van der Waals surface area contributed by atoms with E-state index in [0.717, 1.165) is 15.6 Å². The second-order valence-corrected chi connectivity index (χ2v) is 10.2. The Morgan fingerprint density at radius 3 is 2.56 bits per heavy atom.